The number of rotatable bonds is 3. The summed E-state index contributed by atoms with van der Waals surface area (Å²) in [6.45, 7) is 2.06. The normalized spacial score (nSPS) is 19.1. The van der Waals surface area contributed by atoms with Crippen LogP contribution in [0.15, 0.2) is 48.7 Å². The highest BCUT2D eigenvalue weighted by molar-refractivity contribution is 5.95. The summed E-state index contributed by atoms with van der Waals surface area (Å²) < 4.78 is 1.90. The highest BCUT2D eigenvalue weighted by Gasteiger charge is 2.31. The van der Waals surface area contributed by atoms with Gasteiger partial charge in [0.1, 0.15) is 0 Å². The number of nitrogens with one attached hydrogen (secondary N) is 1. The van der Waals surface area contributed by atoms with E-state index in [4.69, 9.17) is 5.73 Å². The fourth-order valence-electron chi connectivity index (χ4n) is 3.18. The van der Waals surface area contributed by atoms with Crippen LogP contribution in [-0.2, 0) is 4.79 Å². The zero-order valence-corrected chi connectivity index (χ0v) is 14.8. The van der Waals surface area contributed by atoms with E-state index in [1.807, 2.05) is 41.2 Å². The molecule has 0 saturated heterocycles. The molecular formula is C19H21ClN4O. The lowest BCUT2D eigenvalue weighted by atomic mass is 9.80. The number of amides is 1. The molecule has 1 saturated carbocycles. The van der Waals surface area contributed by atoms with Gasteiger partial charge in [0, 0.05) is 23.0 Å². The van der Waals surface area contributed by atoms with Crippen molar-refractivity contribution >= 4 is 34.9 Å². The predicted octanol–water partition coefficient (Wildman–Crippen LogP) is 3.43. The number of anilines is 1. The maximum atomic E-state index is 12.2. The van der Waals surface area contributed by atoms with Crippen LogP contribution in [0.2, 0.25) is 0 Å². The van der Waals surface area contributed by atoms with Gasteiger partial charge in [0.15, 0.2) is 0 Å². The van der Waals surface area contributed by atoms with Crippen LogP contribution in [0.4, 0.5) is 5.69 Å². The van der Waals surface area contributed by atoms with Crippen LogP contribution in [0, 0.1) is 12.8 Å². The third-order valence-corrected chi connectivity index (χ3v) is 4.63. The Morgan fingerprint density at radius 3 is 2.76 bits per heavy atom. The first-order chi connectivity index (χ1) is 11.6. The van der Waals surface area contributed by atoms with E-state index < -0.39 is 0 Å². The fraction of sp³-hybridized carbons (Fsp3) is 0.263. The van der Waals surface area contributed by atoms with Gasteiger partial charge in [-0.2, -0.15) is 5.10 Å². The number of nitrogens with zero attached hydrogens (tertiary/aromatic N) is 2. The maximum Gasteiger partial charge on any atom is 0.227 e. The topological polar surface area (TPSA) is 72.9 Å². The molecular weight excluding hydrogens is 336 g/mol. The Morgan fingerprint density at radius 2 is 2.04 bits per heavy atom. The molecule has 4 rings (SSSR count). The average Bonchev–Trinajstić information content (AvgIpc) is 2.95. The number of benzene rings is 2. The maximum absolute atomic E-state index is 12.2. The van der Waals surface area contributed by atoms with E-state index in [0.29, 0.717) is 0 Å². The Kier molecular flexibility index (Phi) is 4.79. The Labute approximate surface area is 152 Å². The molecule has 3 aromatic rings. The van der Waals surface area contributed by atoms with Gasteiger partial charge < -0.3 is 11.1 Å². The van der Waals surface area contributed by atoms with Crippen molar-refractivity contribution in [1.82, 2.24) is 9.78 Å². The van der Waals surface area contributed by atoms with Crippen molar-refractivity contribution in [1.29, 1.82) is 0 Å². The monoisotopic (exact) mass is 356 g/mol. The van der Waals surface area contributed by atoms with Crippen LogP contribution in [0.3, 0.4) is 0 Å². The molecule has 0 unspecified atom stereocenters. The zero-order valence-electron chi connectivity index (χ0n) is 14.0. The van der Waals surface area contributed by atoms with E-state index in [-0.39, 0.29) is 30.3 Å². The second-order valence-corrected chi connectivity index (χ2v) is 6.59. The Balaban J connectivity index is 0.00000182. The quantitative estimate of drug-likeness (QED) is 0.755. The summed E-state index contributed by atoms with van der Waals surface area (Å²) in [5.74, 6) is 0.0926. The first kappa shape index (κ1) is 17.5. The molecule has 2 aromatic carbocycles. The lowest BCUT2D eigenvalue weighted by molar-refractivity contribution is -0.122. The van der Waals surface area contributed by atoms with Crippen LogP contribution >= 0.6 is 12.4 Å². The predicted molar refractivity (Wildman–Crippen MR) is 102 cm³/mol. The minimum atomic E-state index is 0. The van der Waals surface area contributed by atoms with Gasteiger partial charge in [-0.3, -0.25) is 4.79 Å². The summed E-state index contributed by atoms with van der Waals surface area (Å²) >= 11 is 0. The highest BCUT2D eigenvalue weighted by atomic mass is 35.5. The summed E-state index contributed by atoms with van der Waals surface area (Å²) in [5.41, 5.74) is 9.73. The van der Waals surface area contributed by atoms with E-state index in [9.17, 15) is 4.79 Å². The molecule has 1 heterocycles. The van der Waals surface area contributed by atoms with Gasteiger partial charge in [-0.1, -0.05) is 12.1 Å². The largest absolute Gasteiger partial charge is 0.328 e. The molecule has 6 heteroatoms. The first-order valence-electron chi connectivity index (χ1n) is 8.21. The summed E-state index contributed by atoms with van der Waals surface area (Å²) in [4.78, 5) is 12.2. The van der Waals surface area contributed by atoms with E-state index >= 15 is 0 Å². The van der Waals surface area contributed by atoms with Crippen LogP contribution < -0.4 is 11.1 Å². The minimum Gasteiger partial charge on any atom is -0.328 e. The van der Waals surface area contributed by atoms with Crippen LogP contribution in [0.25, 0.3) is 16.6 Å². The molecule has 1 amide bonds. The Hall–Kier alpha value is -2.37. The number of aryl methyl sites for hydroxylation is 1. The summed E-state index contributed by atoms with van der Waals surface area (Å²) in [6.07, 6.45) is 3.39. The first-order valence-corrected chi connectivity index (χ1v) is 8.21. The lowest BCUT2D eigenvalue weighted by Gasteiger charge is -2.31. The van der Waals surface area contributed by atoms with Gasteiger partial charge in [-0.05, 0) is 55.7 Å². The third-order valence-electron chi connectivity index (χ3n) is 4.63. The molecule has 0 bridgehead atoms. The number of hydrogen-bond acceptors (Lipinski definition) is 3. The summed E-state index contributed by atoms with van der Waals surface area (Å²) in [5, 5.41) is 8.53. The SMILES string of the molecule is Cc1cccc(-n2ncc3ccc(NC(=O)[C@H]4C[C@@H](N)C4)cc32)c1.Cl. The molecule has 1 aliphatic rings. The van der Waals surface area contributed by atoms with E-state index in [1.165, 1.54) is 5.56 Å². The van der Waals surface area contributed by atoms with Gasteiger partial charge in [0.25, 0.3) is 0 Å². The number of nitrogens with two attached hydrogens (primary N) is 1. The standard InChI is InChI=1S/C19H20N4O.ClH/c1-12-3-2-4-17(7-12)23-18-10-16(6-5-13(18)11-21-23)22-19(24)14-8-15(20)9-14;/h2-7,10-11,14-15H,8-9,20H2,1H3,(H,22,24);1H/t14-,15+;. The van der Waals surface area contributed by atoms with Gasteiger partial charge in [-0.25, -0.2) is 4.68 Å². The average molecular weight is 357 g/mol. The summed E-state index contributed by atoms with van der Waals surface area (Å²) in [7, 11) is 0. The minimum absolute atomic E-state index is 0. The molecule has 0 spiro atoms. The van der Waals surface area contributed by atoms with E-state index in [0.717, 1.165) is 35.1 Å². The smallest absolute Gasteiger partial charge is 0.227 e. The number of fused-ring (bicyclic) bond motifs is 1. The van der Waals surface area contributed by atoms with Gasteiger partial charge in [0.2, 0.25) is 5.91 Å². The van der Waals surface area contributed by atoms with Gasteiger partial charge in [-0.15, -0.1) is 12.4 Å². The van der Waals surface area contributed by atoms with Crippen molar-refractivity contribution in [2.45, 2.75) is 25.8 Å². The molecule has 3 N–H and O–H groups in total. The molecule has 0 atom stereocenters. The third kappa shape index (κ3) is 3.38. The number of hydrogen-bond donors (Lipinski definition) is 2. The Bertz CT molecular complexity index is 915. The van der Waals surface area contributed by atoms with Crippen molar-refractivity contribution < 1.29 is 4.79 Å². The number of halogens is 1. The Morgan fingerprint density at radius 1 is 1.24 bits per heavy atom. The van der Waals surface area contributed by atoms with Crippen molar-refractivity contribution in [2.75, 3.05) is 5.32 Å². The molecule has 5 nitrogen and oxygen atoms in total. The second-order valence-electron chi connectivity index (χ2n) is 6.59. The van der Waals surface area contributed by atoms with Crippen LogP contribution in [0.5, 0.6) is 0 Å². The van der Waals surface area contributed by atoms with Crippen molar-refractivity contribution in [3.8, 4) is 5.69 Å². The van der Waals surface area contributed by atoms with Crippen molar-refractivity contribution in [2.24, 2.45) is 11.7 Å². The van der Waals surface area contributed by atoms with E-state index in [2.05, 4.69) is 29.5 Å². The molecule has 1 aromatic heterocycles. The zero-order chi connectivity index (χ0) is 16.7. The number of carbonyl (C=O) groups is 1. The fourth-order valence-corrected chi connectivity index (χ4v) is 3.18. The molecule has 1 fully saturated rings. The van der Waals surface area contributed by atoms with Crippen LogP contribution in [0.1, 0.15) is 18.4 Å². The molecule has 0 aliphatic heterocycles. The van der Waals surface area contributed by atoms with Gasteiger partial charge in [0.05, 0.1) is 17.4 Å². The lowest BCUT2D eigenvalue weighted by Crippen LogP contribution is -2.42. The second kappa shape index (κ2) is 6.86. The van der Waals surface area contributed by atoms with Gasteiger partial charge >= 0.3 is 0 Å². The molecule has 25 heavy (non-hydrogen) atoms. The molecule has 0 radical (unpaired) electrons. The van der Waals surface area contributed by atoms with Crippen molar-refractivity contribution in [3.63, 3.8) is 0 Å². The molecule has 1 aliphatic carbocycles. The summed E-state index contributed by atoms with van der Waals surface area (Å²) in [6, 6.07) is 14.2. The van der Waals surface area contributed by atoms with Crippen molar-refractivity contribution in [3.05, 3.63) is 54.2 Å². The number of aromatic nitrogens is 2. The highest BCUT2D eigenvalue weighted by Crippen LogP contribution is 2.28. The van der Waals surface area contributed by atoms with Crippen LogP contribution in [-0.4, -0.2) is 21.7 Å². The molecule has 130 valence electrons. The number of carbonyl (C=O) groups excluding carboxylic acids is 1. The van der Waals surface area contributed by atoms with E-state index in [1.54, 1.807) is 0 Å².